The highest BCUT2D eigenvalue weighted by molar-refractivity contribution is 5.94. The first-order valence-corrected chi connectivity index (χ1v) is 10.7. The fraction of sp³-hybridized carbons (Fsp3) is 0.280. The number of aromatic nitrogens is 4. The van der Waals surface area contributed by atoms with Gasteiger partial charge in [-0.3, -0.25) is 14.5 Å². The zero-order valence-electron chi connectivity index (χ0n) is 21.1. The van der Waals surface area contributed by atoms with Gasteiger partial charge in [-0.2, -0.15) is 5.10 Å². The fourth-order valence-corrected chi connectivity index (χ4v) is 4.83. The Hall–Kier alpha value is -3.94. The molecule has 1 amide bonds. The van der Waals surface area contributed by atoms with Crippen LogP contribution in [0.5, 0.6) is 5.88 Å². The molecule has 0 saturated carbocycles. The molecule has 0 bridgehead atoms. The van der Waals surface area contributed by atoms with Crippen molar-refractivity contribution < 1.29 is 13.6 Å². The molecule has 3 aromatic heterocycles. The van der Waals surface area contributed by atoms with Crippen molar-refractivity contribution in [3.63, 3.8) is 0 Å². The van der Waals surface area contributed by atoms with Crippen molar-refractivity contribution in [1.82, 2.24) is 24.6 Å². The maximum atomic E-state index is 12.7. The fourth-order valence-electron chi connectivity index (χ4n) is 4.83. The molecule has 2 aliphatic heterocycles. The maximum absolute atomic E-state index is 12.7. The number of methoxy groups -OCH3 is 1. The zero-order chi connectivity index (χ0) is 25.1. The normalized spacial score (nSPS) is 18.3. The Balaban J connectivity index is 1.11. The van der Waals surface area contributed by atoms with Gasteiger partial charge in [0.1, 0.15) is 0 Å². The SMILES string of the molecule is [2H]C([2H])([2H])n1cc(C(=O)N2CC3(C2)CN(c2cncc(-c4ccc5nc(OC)ccc5c4)c2)C3)cn1. The lowest BCUT2D eigenvalue weighted by Crippen LogP contribution is -2.73. The number of aryl methyl sites for hydroxylation is 1. The van der Waals surface area contributed by atoms with Crippen LogP contribution >= 0.6 is 0 Å². The number of pyridine rings is 2. The van der Waals surface area contributed by atoms with E-state index in [0.29, 0.717) is 24.5 Å². The molecule has 0 atom stereocenters. The van der Waals surface area contributed by atoms with E-state index in [1.54, 1.807) is 12.0 Å². The summed E-state index contributed by atoms with van der Waals surface area (Å²) in [5, 5.41) is 4.84. The lowest BCUT2D eigenvalue weighted by molar-refractivity contribution is -0.0105. The maximum Gasteiger partial charge on any atom is 0.257 e. The van der Waals surface area contributed by atoms with Crippen molar-refractivity contribution in [2.24, 2.45) is 12.4 Å². The molecule has 1 aromatic carbocycles. The summed E-state index contributed by atoms with van der Waals surface area (Å²) >= 11 is 0. The van der Waals surface area contributed by atoms with Gasteiger partial charge in [-0.15, -0.1) is 0 Å². The standard InChI is InChI=1S/C25H24N6O2/c1-29-12-20(10-27-29)24(32)31-15-25(16-31)13-30(14-25)21-8-19(9-26-11-21)17-3-5-22-18(7-17)4-6-23(28-22)33-2/h3-12H,13-16H2,1-2H3/i1D3. The molecule has 2 fully saturated rings. The largest absolute Gasteiger partial charge is 0.481 e. The number of nitrogens with zero attached hydrogens (tertiary/aromatic N) is 6. The molecule has 5 heterocycles. The number of hydrogen-bond acceptors (Lipinski definition) is 6. The van der Waals surface area contributed by atoms with E-state index in [0.717, 1.165) is 45.5 Å². The van der Waals surface area contributed by atoms with Gasteiger partial charge in [0.05, 0.1) is 36.3 Å². The highest BCUT2D eigenvalue weighted by Gasteiger charge is 2.53. The van der Waals surface area contributed by atoms with E-state index in [9.17, 15) is 4.79 Å². The molecule has 0 unspecified atom stereocenters. The van der Waals surface area contributed by atoms with Gasteiger partial charge in [-0.05, 0) is 29.8 Å². The molecule has 2 saturated heterocycles. The number of hydrogen-bond donors (Lipinski definition) is 0. The summed E-state index contributed by atoms with van der Waals surface area (Å²) in [5.41, 5.74) is 4.40. The Morgan fingerprint density at radius 1 is 1.06 bits per heavy atom. The molecule has 8 nitrogen and oxygen atoms in total. The Morgan fingerprint density at radius 3 is 2.73 bits per heavy atom. The predicted molar refractivity (Wildman–Crippen MR) is 125 cm³/mol. The van der Waals surface area contributed by atoms with Gasteiger partial charge in [0, 0.05) is 72.1 Å². The van der Waals surface area contributed by atoms with Crippen LogP contribution in [0, 0.1) is 5.41 Å². The van der Waals surface area contributed by atoms with E-state index >= 15 is 0 Å². The number of likely N-dealkylation sites (tertiary alicyclic amines) is 1. The number of amides is 1. The molecule has 0 N–H and O–H groups in total. The first kappa shape index (κ1) is 16.7. The Bertz CT molecular complexity index is 1470. The Kier molecular flexibility index (Phi) is 3.68. The molecule has 2 aliphatic rings. The van der Waals surface area contributed by atoms with Crippen molar-refractivity contribution in [1.29, 1.82) is 0 Å². The van der Waals surface area contributed by atoms with Crippen LogP contribution in [0.15, 0.2) is 61.2 Å². The lowest BCUT2D eigenvalue weighted by atomic mass is 9.72. The molecule has 8 heteroatoms. The molecule has 1 spiro atoms. The van der Waals surface area contributed by atoms with Crippen LogP contribution in [0.25, 0.3) is 22.0 Å². The summed E-state index contributed by atoms with van der Waals surface area (Å²) < 4.78 is 28.3. The highest BCUT2D eigenvalue weighted by Crippen LogP contribution is 2.42. The average molecular weight is 444 g/mol. The summed E-state index contributed by atoms with van der Waals surface area (Å²) in [6.45, 7) is 0.601. The van der Waals surface area contributed by atoms with Gasteiger partial charge in [0.2, 0.25) is 5.88 Å². The smallest absolute Gasteiger partial charge is 0.257 e. The van der Waals surface area contributed by atoms with Gasteiger partial charge >= 0.3 is 0 Å². The molecule has 0 radical (unpaired) electrons. The van der Waals surface area contributed by atoms with E-state index in [-0.39, 0.29) is 11.3 Å². The third kappa shape index (κ3) is 3.38. The summed E-state index contributed by atoms with van der Waals surface area (Å²) in [6, 6.07) is 12.1. The molecular formula is C25H24N6O2. The van der Waals surface area contributed by atoms with Gasteiger partial charge in [0.15, 0.2) is 0 Å². The number of rotatable bonds is 4. The summed E-state index contributed by atoms with van der Waals surface area (Å²) in [6.07, 6.45) is 6.35. The van der Waals surface area contributed by atoms with E-state index in [4.69, 9.17) is 8.85 Å². The summed E-state index contributed by atoms with van der Waals surface area (Å²) in [5.74, 6) is 0.411. The third-order valence-electron chi connectivity index (χ3n) is 6.52. The van der Waals surface area contributed by atoms with Crippen molar-refractivity contribution >= 4 is 22.5 Å². The van der Waals surface area contributed by atoms with E-state index in [2.05, 4.69) is 32.1 Å². The molecule has 0 aliphatic carbocycles. The minimum atomic E-state index is -2.39. The Morgan fingerprint density at radius 2 is 1.94 bits per heavy atom. The zero-order valence-corrected chi connectivity index (χ0v) is 18.1. The van der Waals surface area contributed by atoms with Gasteiger partial charge in [-0.1, -0.05) is 6.07 Å². The molecule has 4 aromatic rings. The van der Waals surface area contributed by atoms with Crippen LogP contribution in [-0.4, -0.2) is 63.8 Å². The van der Waals surface area contributed by atoms with Crippen LogP contribution in [0.1, 0.15) is 14.5 Å². The van der Waals surface area contributed by atoms with Crippen molar-refractivity contribution in [2.75, 3.05) is 38.2 Å². The van der Waals surface area contributed by atoms with E-state index in [1.165, 1.54) is 12.4 Å². The molecule has 166 valence electrons. The van der Waals surface area contributed by atoms with Gasteiger partial charge in [-0.25, -0.2) is 4.98 Å². The van der Waals surface area contributed by atoms with E-state index < -0.39 is 6.98 Å². The highest BCUT2D eigenvalue weighted by atomic mass is 16.5. The minimum Gasteiger partial charge on any atom is -0.481 e. The topological polar surface area (TPSA) is 76.4 Å². The molecular weight excluding hydrogens is 416 g/mol. The second kappa shape index (κ2) is 7.30. The van der Waals surface area contributed by atoms with Crippen LogP contribution in [0.4, 0.5) is 5.69 Å². The van der Waals surface area contributed by atoms with Crippen LogP contribution in [-0.2, 0) is 6.98 Å². The van der Waals surface area contributed by atoms with Gasteiger partial charge < -0.3 is 14.5 Å². The number of anilines is 1. The lowest BCUT2D eigenvalue weighted by Gasteiger charge is -2.60. The number of benzene rings is 1. The third-order valence-corrected chi connectivity index (χ3v) is 6.52. The van der Waals surface area contributed by atoms with Crippen LogP contribution in [0.2, 0.25) is 0 Å². The number of carbonyl (C=O) groups is 1. The number of fused-ring (bicyclic) bond motifs is 1. The second-order valence-electron chi connectivity index (χ2n) is 8.88. The summed E-state index contributed by atoms with van der Waals surface area (Å²) in [7, 11) is 1.61. The number of carbonyl (C=O) groups excluding carboxylic acids is 1. The molecule has 33 heavy (non-hydrogen) atoms. The molecule has 6 rings (SSSR count). The monoisotopic (exact) mass is 443 g/mol. The first-order chi connectivity index (χ1) is 17.2. The second-order valence-corrected chi connectivity index (χ2v) is 8.88. The van der Waals surface area contributed by atoms with Crippen molar-refractivity contribution in [3.8, 4) is 17.0 Å². The number of ether oxygens (including phenoxy) is 1. The van der Waals surface area contributed by atoms with Crippen LogP contribution < -0.4 is 9.64 Å². The summed E-state index contributed by atoms with van der Waals surface area (Å²) in [4.78, 5) is 25.7. The first-order valence-electron chi connectivity index (χ1n) is 12.2. The predicted octanol–water partition coefficient (Wildman–Crippen LogP) is 3.00. The average Bonchev–Trinajstić information content (AvgIpc) is 3.33. The Labute approximate surface area is 195 Å². The van der Waals surface area contributed by atoms with Gasteiger partial charge in [0.25, 0.3) is 5.91 Å². The van der Waals surface area contributed by atoms with Crippen molar-refractivity contribution in [2.45, 2.75) is 0 Å². The van der Waals surface area contributed by atoms with Crippen molar-refractivity contribution in [3.05, 3.63) is 66.7 Å². The van der Waals surface area contributed by atoms with Crippen LogP contribution in [0.3, 0.4) is 0 Å². The quantitative estimate of drug-likeness (QED) is 0.483. The minimum absolute atomic E-state index is 0.0688. The van der Waals surface area contributed by atoms with E-state index in [1.807, 2.05) is 36.7 Å².